The van der Waals surface area contributed by atoms with Gasteiger partial charge in [0, 0.05) is 13.6 Å². The van der Waals surface area contributed by atoms with Crippen LogP contribution in [0.3, 0.4) is 0 Å². The van der Waals surface area contributed by atoms with Crippen LogP contribution in [0.4, 0.5) is 0 Å². The monoisotopic (exact) mass is 391 g/mol. The molecule has 0 saturated carbocycles. The Kier molecular flexibility index (Phi) is 6.17. The lowest BCUT2D eigenvalue weighted by Crippen LogP contribution is -2.31. The number of carbonyl (C=O) groups is 2. The third-order valence-electron chi connectivity index (χ3n) is 4.95. The normalized spacial score (nSPS) is 10.6. The van der Waals surface area contributed by atoms with Crippen molar-refractivity contribution < 1.29 is 19.1 Å². The van der Waals surface area contributed by atoms with Gasteiger partial charge in [-0.1, -0.05) is 48.0 Å². The Morgan fingerprint density at radius 2 is 1.66 bits per heavy atom. The molecule has 0 radical (unpaired) electrons. The van der Waals surface area contributed by atoms with Crippen molar-refractivity contribution in [3.8, 4) is 5.75 Å². The van der Waals surface area contributed by atoms with Crippen molar-refractivity contribution in [1.82, 2.24) is 4.90 Å². The molecule has 29 heavy (non-hydrogen) atoms. The number of rotatable bonds is 6. The molecule has 3 aromatic carbocycles. The standard InChI is InChI=1S/C24H25NO4/c1-16-9-10-20(17(2)11-16)14-25(3)23(26)15-29-24(27)21-12-18-7-5-6-8-19(18)13-22(21)28-4/h5-13H,14-15H2,1-4H3. The van der Waals surface area contributed by atoms with Crippen LogP contribution in [0.2, 0.25) is 0 Å². The van der Waals surface area contributed by atoms with Gasteiger partial charge >= 0.3 is 5.97 Å². The molecule has 0 N–H and O–H groups in total. The van der Waals surface area contributed by atoms with Crippen molar-refractivity contribution in [3.05, 3.63) is 76.9 Å². The van der Waals surface area contributed by atoms with Gasteiger partial charge in [-0.05, 0) is 47.9 Å². The maximum Gasteiger partial charge on any atom is 0.342 e. The van der Waals surface area contributed by atoms with Crippen molar-refractivity contribution in [3.63, 3.8) is 0 Å². The fourth-order valence-electron chi connectivity index (χ4n) is 3.23. The Balaban J connectivity index is 1.66. The van der Waals surface area contributed by atoms with Crippen molar-refractivity contribution >= 4 is 22.6 Å². The molecule has 1 amide bonds. The minimum absolute atomic E-state index is 0.266. The second-order valence-corrected chi connectivity index (χ2v) is 7.16. The van der Waals surface area contributed by atoms with Crippen LogP contribution in [0.5, 0.6) is 5.75 Å². The SMILES string of the molecule is COc1cc2ccccc2cc1C(=O)OCC(=O)N(C)Cc1ccc(C)cc1C. The number of amides is 1. The molecule has 0 aliphatic heterocycles. The number of hydrogen-bond donors (Lipinski definition) is 0. The summed E-state index contributed by atoms with van der Waals surface area (Å²) in [5.74, 6) is -0.427. The van der Waals surface area contributed by atoms with Crippen LogP contribution in [0.15, 0.2) is 54.6 Å². The summed E-state index contributed by atoms with van der Waals surface area (Å²) in [5, 5.41) is 1.86. The number of carbonyl (C=O) groups excluding carboxylic acids is 2. The molecule has 3 aromatic rings. The second-order valence-electron chi connectivity index (χ2n) is 7.16. The van der Waals surface area contributed by atoms with E-state index in [1.165, 1.54) is 12.7 Å². The molecule has 3 rings (SSSR count). The van der Waals surface area contributed by atoms with Gasteiger partial charge in [-0.2, -0.15) is 0 Å². The molecule has 0 aliphatic carbocycles. The average molecular weight is 391 g/mol. The highest BCUT2D eigenvalue weighted by Gasteiger charge is 2.18. The maximum absolute atomic E-state index is 12.6. The quantitative estimate of drug-likeness (QED) is 0.589. The Hall–Kier alpha value is -3.34. The van der Waals surface area contributed by atoms with E-state index in [4.69, 9.17) is 9.47 Å². The molecule has 150 valence electrons. The highest BCUT2D eigenvalue weighted by Crippen LogP contribution is 2.26. The third-order valence-corrected chi connectivity index (χ3v) is 4.95. The van der Waals surface area contributed by atoms with Crippen LogP contribution in [0.25, 0.3) is 10.8 Å². The molecule has 0 unspecified atom stereocenters. The number of aryl methyl sites for hydroxylation is 2. The lowest BCUT2D eigenvalue weighted by atomic mass is 10.1. The van der Waals surface area contributed by atoms with E-state index in [1.807, 2.05) is 50.2 Å². The molecule has 0 bridgehead atoms. The Bertz CT molecular complexity index is 1060. The molecule has 0 spiro atoms. The molecular weight excluding hydrogens is 366 g/mol. The molecule has 0 saturated heterocycles. The Morgan fingerprint density at radius 1 is 0.966 bits per heavy atom. The van der Waals surface area contributed by atoms with Crippen molar-refractivity contribution in [2.75, 3.05) is 20.8 Å². The number of esters is 1. The number of ether oxygens (including phenoxy) is 2. The molecule has 0 atom stereocenters. The van der Waals surface area contributed by atoms with E-state index >= 15 is 0 Å². The van der Waals surface area contributed by atoms with Crippen LogP contribution < -0.4 is 4.74 Å². The fraction of sp³-hybridized carbons (Fsp3) is 0.250. The number of nitrogens with zero attached hydrogens (tertiary/aromatic N) is 1. The van der Waals surface area contributed by atoms with Gasteiger partial charge in [-0.3, -0.25) is 4.79 Å². The zero-order valence-corrected chi connectivity index (χ0v) is 17.2. The van der Waals surface area contributed by atoms with Crippen LogP contribution >= 0.6 is 0 Å². The Labute approximate surface area is 170 Å². The molecule has 5 heteroatoms. The van der Waals surface area contributed by atoms with E-state index in [1.54, 1.807) is 24.1 Å². The summed E-state index contributed by atoms with van der Waals surface area (Å²) < 4.78 is 10.6. The zero-order valence-electron chi connectivity index (χ0n) is 17.2. The molecular formula is C24H25NO4. The van der Waals surface area contributed by atoms with Crippen molar-refractivity contribution in [2.45, 2.75) is 20.4 Å². The van der Waals surface area contributed by atoms with E-state index in [0.717, 1.165) is 21.9 Å². The van der Waals surface area contributed by atoms with Gasteiger partial charge in [0.25, 0.3) is 5.91 Å². The lowest BCUT2D eigenvalue weighted by molar-refractivity contribution is -0.133. The van der Waals surface area contributed by atoms with Gasteiger partial charge < -0.3 is 14.4 Å². The molecule has 0 aromatic heterocycles. The van der Waals surface area contributed by atoms with Crippen molar-refractivity contribution in [1.29, 1.82) is 0 Å². The summed E-state index contributed by atoms with van der Waals surface area (Å²) in [6, 6.07) is 17.3. The number of hydrogen-bond acceptors (Lipinski definition) is 4. The first-order valence-electron chi connectivity index (χ1n) is 9.43. The summed E-state index contributed by atoms with van der Waals surface area (Å²) in [6.45, 7) is 4.19. The average Bonchev–Trinajstić information content (AvgIpc) is 2.72. The fourth-order valence-corrected chi connectivity index (χ4v) is 3.23. The molecule has 0 aliphatic rings. The first kappa shape index (κ1) is 20.4. The third kappa shape index (κ3) is 4.74. The van der Waals surface area contributed by atoms with Gasteiger partial charge in [0.05, 0.1) is 7.11 Å². The van der Waals surface area contributed by atoms with Gasteiger partial charge in [0.15, 0.2) is 6.61 Å². The van der Waals surface area contributed by atoms with E-state index in [0.29, 0.717) is 17.9 Å². The summed E-state index contributed by atoms with van der Waals surface area (Å²) in [7, 11) is 3.20. The first-order valence-corrected chi connectivity index (χ1v) is 9.43. The van der Waals surface area contributed by atoms with E-state index < -0.39 is 5.97 Å². The number of benzene rings is 3. The zero-order chi connectivity index (χ0) is 21.0. The van der Waals surface area contributed by atoms with Crippen LogP contribution in [-0.2, 0) is 16.1 Å². The summed E-state index contributed by atoms with van der Waals surface area (Å²) in [6.07, 6.45) is 0. The van der Waals surface area contributed by atoms with E-state index in [2.05, 4.69) is 6.07 Å². The predicted octanol–water partition coefficient (Wildman–Crippen LogP) is 4.28. The van der Waals surface area contributed by atoms with Gasteiger partial charge in [-0.25, -0.2) is 4.79 Å². The number of fused-ring (bicyclic) bond motifs is 1. The maximum atomic E-state index is 12.6. The number of methoxy groups -OCH3 is 1. The highest BCUT2D eigenvalue weighted by atomic mass is 16.5. The van der Waals surface area contributed by atoms with E-state index in [-0.39, 0.29) is 12.5 Å². The van der Waals surface area contributed by atoms with Gasteiger partial charge in [0.2, 0.25) is 0 Å². The lowest BCUT2D eigenvalue weighted by Gasteiger charge is -2.19. The summed E-state index contributed by atoms with van der Waals surface area (Å²) in [5.41, 5.74) is 3.67. The van der Waals surface area contributed by atoms with Gasteiger partial charge in [-0.15, -0.1) is 0 Å². The van der Waals surface area contributed by atoms with Gasteiger partial charge in [0.1, 0.15) is 11.3 Å². The smallest absolute Gasteiger partial charge is 0.342 e. The topological polar surface area (TPSA) is 55.8 Å². The van der Waals surface area contributed by atoms with E-state index in [9.17, 15) is 9.59 Å². The highest BCUT2D eigenvalue weighted by molar-refractivity contribution is 5.99. The van der Waals surface area contributed by atoms with Crippen LogP contribution in [-0.4, -0.2) is 37.5 Å². The molecule has 5 nitrogen and oxygen atoms in total. The Morgan fingerprint density at radius 3 is 2.31 bits per heavy atom. The minimum Gasteiger partial charge on any atom is -0.496 e. The summed E-state index contributed by atoms with van der Waals surface area (Å²) >= 11 is 0. The molecule has 0 heterocycles. The van der Waals surface area contributed by atoms with Crippen LogP contribution in [0.1, 0.15) is 27.0 Å². The van der Waals surface area contributed by atoms with Crippen molar-refractivity contribution in [2.24, 2.45) is 0 Å². The van der Waals surface area contributed by atoms with Crippen LogP contribution in [0, 0.1) is 13.8 Å². The molecule has 0 fully saturated rings. The first-order chi connectivity index (χ1) is 13.9. The summed E-state index contributed by atoms with van der Waals surface area (Å²) in [4.78, 5) is 26.6. The largest absolute Gasteiger partial charge is 0.496 e. The predicted molar refractivity (Wildman–Crippen MR) is 113 cm³/mol. The minimum atomic E-state index is -0.583. The second kappa shape index (κ2) is 8.78. The number of likely N-dealkylation sites (N-methyl/N-ethyl adjacent to an activating group) is 1.